The average molecular weight is 327 g/mol. The van der Waals surface area contributed by atoms with Crippen LogP contribution in [0.2, 0.25) is 0 Å². The van der Waals surface area contributed by atoms with Gasteiger partial charge in [0.2, 0.25) is 0 Å². The lowest BCUT2D eigenvalue weighted by molar-refractivity contribution is 0.197. The van der Waals surface area contributed by atoms with Crippen molar-refractivity contribution in [2.45, 2.75) is 25.8 Å². The quantitative estimate of drug-likeness (QED) is 0.914. The molecule has 0 spiro atoms. The number of likely N-dealkylation sites (tertiary alicyclic amines) is 1. The Morgan fingerprint density at radius 2 is 2.26 bits per heavy atom. The van der Waals surface area contributed by atoms with Crippen LogP contribution in [0, 0.1) is 5.92 Å². The average Bonchev–Trinajstić information content (AvgIpc) is 2.41. The Hall–Kier alpha value is -0.740. The van der Waals surface area contributed by atoms with Crippen LogP contribution in [-0.4, -0.2) is 38.2 Å². The van der Waals surface area contributed by atoms with E-state index in [1.165, 1.54) is 25.9 Å². The Morgan fingerprint density at radius 1 is 1.47 bits per heavy atom. The maximum absolute atomic E-state index is 5.28. The van der Waals surface area contributed by atoms with Crippen LogP contribution in [0.4, 0.5) is 5.69 Å². The van der Waals surface area contributed by atoms with E-state index in [2.05, 4.69) is 40.1 Å². The van der Waals surface area contributed by atoms with Crippen molar-refractivity contribution in [2.75, 3.05) is 32.6 Å². The topological polar surface area (TPSA) is 24.5 Å². The van der Waals surface area contributed by atoms with Gasteiger partial charge in [0, 0.05) is 23.1 Å². The first kappa shape index (κ1) is 14.7. The van der Waals surface area contributed by atoms with Crippen LogP contribution in [0.5, 0.6) is 5.75 Å². The highest BCUT2D eigenvalue weighted by Gasteiger charge is 2.23. The second kappa shape index (κ2) is 6.62. The van der Waals surface area contributed by atoms with E-state index >= 15 is 0 Å². The molecule has 1 aromatic rings. The monoisotopic (exact) mass is 326 g/mol. The van der Waals surface area contributed by atoms with Gasteiger partial charge in [0.05, 0.1) is 12.8 Å². The first-order valence-corrected chi connectivity index (χ1v) is 7.68. The van der Waals surface area contributed by atoms with Gasteiger partial charge in [0.25, 0.3) is 0 Å². The molecule has 3 nitrogen and oxygen atoms in total. The normalized spacial score (nSPS) is 22.0. The van der Waals surface area contributed by atoms with Crippen LogP contribution < -0.4 is 10.1 Å². The maximum Gasteiger partial charge on any atom is 0.121 e. The maximum atomic E-state index is 5.28. The molecule has 0 aromatic heterocycles. The summed E-state index contributed by atoms with van der Waals surface area (Å²) >= 11 is 3.60. The number of ether oxygens (including phenoxy) is 1. The third-order valence-corrected chi connectivity index (χ3v) is 4.62. The standard InChI is InChI=1S/C15H23BrN2O/c1-11(12-5-4-8-18(2)10-12)17-15-9-13(19-3)6-7-14(15)16/h6-7,9,11-12,17H,4-5,8,10H2,1-3H3. The zero-order valence-electron chi connectivity index (χ0n) is 11.9. The molecule has 1 N–H and O–H groups in total. The number of hydrogen-bond donors (Lipinski definition) is 1. The number of piperidine rings is 1. The van der Waals surface area contributed by atoms with Crippen LogP contribution in [0.1, 0.15) is 19.8 Å². The van der Waals surface area contributed by atoms with Crippen molar-refractivity contribution >= 4 is 21.6 Å². The van der Waals surface area contributed by atoms with Gasteiger partial charge in [-0.3, -0.25) is 0 Å². The summed E-state index contributed by atoms with van der Waals surface area (Å²) < 4.78 is 6.37. The second-order valence-electron chi connectivity index (χ2n) is 5.44. The predicted octanol–water partition coefficient (Wildman–Crippen LogP) is 3.60. The summed E-state index contributed by atoms with van der Waals surface area (Å²) in [6.07, 6.45) is 2.60. The Morgan fingerprint density at radius 3 is 2.95 bits per heavy atom. The number of methoxy groups -OCH3 is 1. The molecule has 1 aliphatic rings. The SMILES string of the molecule is COc1ccc(Br)c(NC(C)C2CCCN(C)C2)c1. The Balaban J connectivity index is 2.03. The molecule has 1 fully saturated rings. The molecule has 0 aliphatic carbocycles. The molecule has 2 rings (SSSR count). The van der Waals surface area contributed by atoms with Gasteiger partial charge >= 0.3 is 0 Å². The Kier molecular flexibility index (Phi) is 5.11. The van der Waals surface area contributed by atoms with Crippen LogP contribution in [0.3, 0.4) is 0 Å². The molecule has 0 bridgehead atoms. The molecule has 19 heavy (non-hydrogen) atoms. The molecule has 1 aliphatic heterocycles. The number of rotatable bonds is 4. The second-order valence-corrected chi connectivity index (χ2v) is 6.30. The first-order valence-electron chi connectivity index (χ1n) is 6.88. The van der Waals surface area contributed by atoms with Gasteiger partial charge in [-0.15, -0.1) is 0 Å². The van der Waals surface area contributed by atoms with Crippen LogP contribution >= 0.6 is 15.9 Å². The van der Waals surface area contributed by atoms with E-state index in [9.17, 15) is 0 Å². The Bertz CT molecular complexity index is 425. The van der Waals surface area contributed by atoms with E-state index in [4.69, 9.17) is 4.74 Å². The highest BCUT2D eigenvalue weighted by atomic mass is 79.9. The lowest BCUT2D eigenvalue weighted by Crippen LogP contribution is -2.39. The third-order valence-electron chi connectivity index (χ3n) is 3.92. The van der Waals surface area contributed by atoms with Crippen molar-refractivity contribution in [3.63, 3.8) is 0 Å². The molecule has 4 heteroatoms. The molecular weight excluding hydrogens is 304 g/mol. The molecule has 2 unspecified atom stereocenters. The molecule has 2 atom stereocenters. The summed E-state index contributed by atoms with van der Waals surface area (Å²) in [6.45, 7) is 4.68. The van der Waals surface area contributed by atoms with Gasteiger partial charge in [-0.2, -0.15) is 0 Å². The van der Waals surface area contributed by atoms with E-state index in [1.54, 1.807) is 7.11 Å². The van der Waals surface area contributed by atoms with Gasteiger partial charge in [0.1, 0.15) is 5.75 Å². The Labute approximate surface area is 124 Å². The third kappa shape index (κ3) is 3.86. The largest absolute Gasteiger partial charge is 0.497 e. The van der Waals surface area contributed by atoms with Gasteiger partial charge < -0.3 is 15.0 Å². The summed E-state index contributed by atoms with van der Waals surface area (Å²) in [6, 6.07) is 6.51. The highest BCUT2D eigenvalue weighted by Crippen LogP contribution is 2.29. The first-order chi connectivity index (χ1) is 9.10. The summed E-state index contributed by atoms with van der Waals surface area (Å²) in [5.74, 6) is 1.59. The summed E-state index contributed by atoms with van der Waals surface area (Å²) in [5, 5.41) is 3.62. The summed E-state index contributed by atoms with van der Waals surface area (Å²) in [5.41, 5.74) is 1.11. The van der Waals surface area contributed by atoms with Crippen molar-refractivity contribution in [3.8, 4) is 5.75 Å². The van der Waals surface area contributed by atoms with E-state index in [-0.39, 0.29) is 0 Å². The van der Waals surface area contributed by atoms with Crippen LogP contribution in [0.25, 0.3) is 0 Å². The van der Waals surface area contributed by atoms with Crippen molar-refractivity contribution in [1.29, 1.82) is 0 Å². The summed E-state index contributed by atoms with van der Waals surface area (Å²) in [4.78, 5) is 2.42. The van der Waals surface area contributed by atoms with E-state index in [0.29, 0.717) is 12.0 Å². The van der Waals surface area contributed by atoms with Gasteiger partial charge in [-0.05, 0) is 67.3 Å². The van der Waals surface area contributed by atoms with Gasteiger partial charge in [-0.25, -0.2) is 0 Å². The molecular formula is C15H23BrN2O. The molecule has 0 radical (unpaired) electrons. The highest BCUT2D eigenvalue weighted by molar-refractivity contribution is 9.10. The minimum Gasteiger partial charge on any atom is -0.497 e. The van der Waals surface area contributed by atoms with Crippen molar-refractivity contribution < 1.29 is 4.74 Å². The number of benzene rings is 1. The van der Waals surface area contributed by atoms with Crippen LogP contribution in [-0.2, 0) is 0 Å². The molecule has 1 heterocycles. The fourth-order valence-electron chi connectivity index (χ4n) is 2.72. The lowest BCUT2D eigenvalue weighted by atomic mass is 9.92. The van der Waals surface area contributed by atoms with E-state index in [0.717, 1.165) is 15.9 Å². The number of anilines is 1. The number of halogens is 1. The molecule has 1 aromatic carbocycles. The number of nitrogens with zero attached hydrogens (tertiary/aromatic N) is 1. The van der Waals surface area contributed by atoms with Crippen molar-refractivity contribution in [1.82, 2.24) is 4.90 Å². The number of hydrogen-bond acceptors (Lipinski definition) is 3. The fourth-order valence-corrected chi connectivity index (χ4v) is 3.08. The zero-order chi connectivity index (χ0) is 13.8. The minimum absolute atomic E-state index is 0.464. The van der Waals surface area contributed by atoms with E-state index < -0.39 is 0 Å². The molecule has 0 amide bonds. The van der Waals surface area contributed by atoms with E-state index in [1.807, 2.05) is 18.2 Å². The molecule has 106 valence electrons. The lowest BCUT2D eigenvalue weighted by Gasteiger charge is -2.34. The van der Waals surface area contributed by atoms with Gasteiger partial charge in [-0.1, -0.05) is 0 Å². The predicted molar refractivity (Wildman–Crippen MR) is 84.0 cm³/mol. The molecule has 0 saturated carbocycles. The summed E-state index contributed by atoms with van der Waals surface area (Å²) in [7, 11) is 3.91. The van der Waals surface area contributed by atoms with Gasteiger partial charge in [0.15, 0.2) is 0 Å². The van der Waals surface area contributed by atoms with Crippen molar-refractivity contribution in [3.05, 3.63) is 22.7 Å². The number of nitrogens with one attached hydrogen (secondary N) is 1. The smallest absolute Gasteiger partial charge is 0.121 e. The minimum atomic E-state index is 0.464. The zero-order valence-corrected chi connectivity index (χ0v) is 13.5. The van der Waals surface area contributed by atoms with Crippen LogP contribution in [0.15, 0.2) is 22.7 Å². The fraction of sp³-hybridized carbons (Fsp3) is 0.600. The van der Waals surface area contributed by atoms with Crippen molar-refractivity contribution in [2.24, 2.45) is 5.92 Å². The molecule has 1 saturated heterocycles.